The second-order valence-corrected chi connectivity index (χ2v) is 7.28. The van der Waals surface area contributed by atoms with Crippen molar-refractivity contribution in [3.63, 3.8) is 0 Å². The maximum atomic E-state index is 13.1. The van der Waals surface area contributed by atoms with Gasteiger partial charge >= 0.3 is 6.18 Å². The van der Waals surface area contributed by atoms with Crippen molar-refractivity contribution in [3.05, 3.63) is 34.9 Å². The van der Waals surface area contributed by atoms with E-state index in [0.29, 0.717) is 0 Å². The Labute approximate surface area is 124 Å². The van der Waals surface area contributed by atoms with E-state index in [-0.39, 0.29) is 11.3 Å². The van der Waals surface area contributed by atoms with Gasteiger partial charge in [0, 0.05) is 5.56 Å². The smallest absolute Gasteiger partial charge is 0.234 e. The number of benzene rings is 1. The van der Waals surface area contributed by atoms with Crippen LogP contribution in [0.4, 0.5) is 13.2 Å². The van der Waals surface area contributed by atoms with E-state index >= 15 is 0 Å². The Bertz CT molecular complexity index is 637. The van der Waals surface area contributed by atoms with Gasteiger partial charge in [-0.15, -0.1) is 0 Å². The lowest BCUT2D eigenvalue weighted by molar-refractivity contribution is -0.137. The summed E-state index contributed by atoms with van der Waals surface area (Å²) in [7, 11) is -1.67. The molecule has 0 heterocycles. The third-order valence-electron chi connectivity index (χ3n) is 2.60. The Hall–Kier alpha value is -1.68. The number of nitriles is 1. The SMILES string of the molecule is CC(=NS(=O)C(C)(C)C)c1cccc(C#N)c1C(F)(F)F. The Balaban J connectivity index is 3.49. The van der Waals surface area contributed by atoms with E-state index in [1.54, 1.807) is 20.8 Å². The van der Waals surface area contributed by atoms with Crippen LogP contribution in [0.3, 0.4) is 0 Å². The molecule has 0 spiro atoms. The van der Waals surface area contributed by atoms with Crippen LogP contribution in [0.2, 0.25) is 0 Å². The van der Waals surface area contributed by atoms with E-state index in [2.05, 4.69) is 4.40 Å². The fourth-order valence-corrected chi connectivity index (χ4v) is 2.18. The van der Waals surface area contributed by atoms with Gasteiger partial charge in [0.05, 0.1) is 27.7 Å². The first-order chi connectivity index (χ1) is 9.48. The molecule has 21 heavy (non-hydrogen) atoms. The van der Waals surface area contributed by atoms with E-state index in [1.165, 1.54) is 25.1 Å². The molecule has 1 atom stereocenters. The van der Waals surface area contributed by atoms with Gasteiger partial charge in [-0.05, 0) is 33.8 Å². The molecule has 0 radical (unpaired) electrons. The molecule has 0 saturated carbocycles. The summed E-state index contributed by atoms with van der Waals surface area (Å²) in [4.78, 5) is 0. The van der Waals surface area contributed by atoms with Gasteiger partial charge in [0.1, 0.15) is 11.0 Å². The molecule has 7 heteroatoms. The zero-order chi connectivity index (χ0) is 16.4. The Morgan fingerprint density at radius 2 is 1.86 bits per heavy atom. The quantitative estimate of drug-likeness (QED) is 0.778. The summed E-state index contributed by atoms with van der Waals surface area (Å²) in [5, 5.41) is 8.85. The predicted octanol–water partition coefficient (Wildman–Crippen LogP) is 3.85. The lowest BCUT2D eigenvalue weighted by Crippen LogP contribution is -2.21. The summed E-state index contributed by atoms with van der Waals surface area (Å²) in [6.07, 6.45) is -4.68. The molecular weight excluding hydrogens is 301 g/mol. The van der Waals surface area contributed by atoms with Crippen LogP contribution in [-0.2, 0) is 17.2 Å². The van der Waals surface area contributed by atoms with Crippen molar-refractivity contribution >= 4 is 16.7 Å². The van der Waals surface area contributed by atoms with Gasteiger partial charge in [-0.3, -0.25) is 0 Å². The monoisotopic (exact) mass is 316 g/mol. The fraction of sp³-hybridized carbons (Fsp3) is 0.429. The first kappa shape index (κ1) is 17.4. The standard InChI is InChI=1S/C14H15F3N2OS/c1-9(19-21(20)13(2,3)4)11-7-5-6-10(8-18)12(11)14(15,16)17/h5-7H,1-4H3. The Morgan fingerprint density at radius 1 is 1.29 bits per heavy atom. The normalized spacial score (nSPS) is 14.7. The second kappa shape index (κ2) is 5.98. The van der Waals surface area contributed by atoms with Crippen LogP contribution in [0.5, 0.6) is 0 Å². The highest BCUT2D eigenvalue weighted by Crippen LogP contribution is 2.35. The van der Waals surface area contributed by atoms with Gasteiger partial charge < -0.3 is 0 Å². The highest BCUT2D eigenvalue weighted by atomic mass is 32.2. The number of hydrogen-bond acceptors (Lipinski definition) is 2. The summed E-state index contributed by atoms with van der Waals surface area (Å²) in [5.41, 5.74) is -1.75. The topological polar surface area (TPSA) is 53.2 Å². The zero-order valence-electron chi connectivity index (χ0n) is 12.1. The molecule has 0 fully saturated rings. The minimum absolute atomic E-state index is 0.00677. The molecule has 1 aromatic rings. The molecule has 0 bridgehead atoms. The molecule has 114 valence electrons. The van der Waals surface area contributed by atoms with Crippen LogP contribution in [0.15, 0.2) is 22.6 Å². The van der Waals surface area contributed by atoms with Crippen LogP contribution < -0.4 is 0 Å². The van der Waals surface area contributed by atoms with E-state index in [0.717, 1.165) is 6.07 Å². The molecule has 0 aliphatic carbocycles. The highest BCUT2D eigenvalue weighted by Gasteiger charge is 2.37. The first-order valence-electron chi connectivity index (χ1n) is 6.06. The lowest BCUT2D eigenvalue weighted by Gasteiger charge is -2.16. The molecule has 0 N–H and O–H groups in total. The van der Waals surface area contributed by atoms with Crippen molar-refractivity contribution in [2.45, 2.75) is 38.6 Å². The largest absolute Gasteiger partial charge is 0.418 e. The molecule has 0 aliphatic heterocycles. The average molecular weight is 316 g/mol. The maximum Gasteiger partial charge on any atom is 0.418 e. The summed E-state index contributed by atoms with van der Waals surface area (Å²) in [5.74, 6) is 0. The van der Waals surface area contributed by atoms with Crippen molar-refractivity contribution in [3.8, 4) is 6.07 Å². The Kier molecular flexibility index (Phi) is 4.95. The predicted molar refractivity (Wildman–Crippen MR) is 76.3 cm³/mol. The number of halogens is 3. The third-order valence-corrected chi connectivity index (χ3v) is 4.09. The number of rotatable bonds is 2. The van der Waals surface area contributed by atoms with Crippen LogP contribution >= 0.6 is 0 Å². The summed E-state index contributed by atoms with van der Waals surface area (Å²) >= 11 is 0. The van der Waals surface area contributed by atoms with E-state index in [9.17, 15) is 17.4 Å². The molecule has 0 saturated heterocycles. The Morgan fingerprint density at radius 3 is 2.29 bits per heavy atom. The van der Waals surface area contributed by atoms with Crippen LogP contribution in [0.1, 0.15) is 44.4 Å². The van der Waals surface area contributed by atoms with Gasteiger partial charge in [0.15, 0.2) is 0 Å². The fourth-order valence-electron chi connectivity index (χ4n) is 1.56. The second-order valence-electron chi connectivity index (χ2n) is 5.38. The van der Waals surface area contributed by atoms with Crippen LogP contribution in [0.25, 0.3) is 0 Å². The van der Waals surface area contributed by atoms with E-state index < -0.39 is 33.0 Å². The minimum atomic E-state index is -4.68. The van der Waals surface area contributed by atoms with Crippen molar-refractivity contribution < 1.29 is 17.4 Å². The molecule has 3 nitrogen and oxygen atoms in total. The van der Waals surface area contributed by atoms with Crippen molar-refractivity contribution in [1.82, 2.24) is 0 Å². The van der Waals surface area contributed by atoms with Crippen molar-refractivity contribution in [2.75, 3.05) is 0 Å². The first-order valence-corrected chi connectivity index (χ1v) is 7.17. The minimum Gasteiger partial charge on any atom is -0.234 e. The molecular formula is C14H15F3N2OS. The lowest BCUT2D eigenvalue weighted by atomic mass is 9.98. The number of nitrogens with zero attached hydrogens (tertiary/aromatic N) is 2. The third kappa shape index (κ3) is 4.14. The molecule has 1 aromatic carbocycles. The van der Waals surface area contributed by atoms with E-state index in [1.807, 2.05) is 0 Å². The zero-order valence-corrected chi connectivity index (χ0v) is 12.9. The summed E-state index contributed by atoms with van der Waals surface area (Å²) in [6.45, 7) is 6.39. The average Bonchev–Trinajstić information content (AvgIpc) is 2.35. The van der Waals surface area contributed by atoms with Gasteiger partial charge in [-0.1, -0.05) is 12.1 Å². The number of alkyl halides is 3. The van der Waals surface area contributed by atoms with Crippen molar-refractivity contribution in [1.29, 1.82) is 5.26 Å². The summed E-state index contributed by atoms with van der Waals surface area (Å²) in [6, 6.07) is 5.20. The van der Waals surface area contributed by atoms with Gasteiger partial charge in [0.2, 0.25) is 0 Å². The summed E-state index contributed by atoms with van der Waals surface area (Å²) < 4.78 is 54.6. The van der Waals surface area contributed by atoms with Crippen molar-refractivity contribution in [2.24, 2.45) is 4.40 Å². The van der Waals surface area contributed by atoms with Gasteiger partial charge in [0.25, 0.3) is 0 Å². The number of hydrogen-bond donors (Lipinski definition) is 0. The van der Waals surface area contributed by atoms with Gasteiger partial charge in [-0.2, -0.15) is 22.8 Å². The van der Waals surface area contributed by atoms with Crippen LogP contribution in [0, 0.1) is 11.3 Å². The molecule has 1 rings (SSSR count). The maximum absolute atomic E-state index is 13.1. The molecule has 1 unspecified atom stereocenters. The highest BCUT2D eigenvalue weighted by molar-refractivity contribution is 7.85. The molecule has 0 amide bonds. The molecule has 0 aromatic heterocycles. The molecule has 0 aliphatic rings. The van der Waals surface area contributed by atoms with E-state index in [4.69, 9.17) is 5.26 Å². The van der Waals surface area contributed by atoms with Gasteiger partial charge in [-0.25, -0.2) is 4.21 Å². The van der Waals surface area contributed by atoms with Crippen LogP contribution in [-0.4, -0.2) is 14.7 Å².